The van der Waals surface area contributed by atoms with E-state index in [2.05, 4.69) is 20.6 Å². The molecule has 1 heterocycles. The van der Waals surface area contributed by atoms with E-state index in [1.807, 2.05) is 32.0 Å². The van der Waals surface area contributed by atoms with Crippen LogP contribution >= 0.6 is 0 Å². The third-order valence-electron chi connectivity index (χ3n) is 4.27. The summed E-state index contributed by atoms with van der Waals surface area (Å²) < 4.78 is 24.3. The summed E-state index contributed by atoms with van der Waals surface area (Å²) in [6.07, 6.45) is 0.188. The van der Waals surface area contributed by atoms with Crippen LogP contribution in [-0.4, -0.2) is 56.7 Å². The molecule has 0 bridgehead atoms. The predicted octanol–water partition coefficient (Wildman–Crippen LogP) is 1.80. The molecule has 0 fully saturated rings. The summed E-state index contributed by atoms with van der Waals surface area (Å²) in [7, 11) is 0.525. The number of carbonyl (C=O) groups excluding carboxylic acids is 1. The van der Waals surface area contributed by atoms with Crippen molar-refractivity contribution in [3.8, 4) is 0 Å². The minimum absolute atomic E-state index is 0.134. The first kappa shape index (κ1) is 22.6. The fourth-order valence-electron chi connectivity index (χ4n) is 2.55. The molecule has 9 heteroatoms. The van der Waals surface area contributed by atoms with Gasteiger partial charge < -0.3 is 15.5 Å². The van der Waals surface area contributed by atoms with Crippen LogP contribution in [0.1, 0.15) is 25.1 Å². The van der Waals surface area contributed by atoms with E-state index in [0.717, 1.165) is 17.1 Å². The number of anilines is 2. The summed E-state index contributed by atoms with van der Waals surface area (Å²) in [5, 5.41) is 5.46. The summed E-state index contributed by atoms with van der Waals surface area (Å²) in [5.74, 6) is 1.20. The molecule has 0 atom stereocenters. The van der Waals surface area contributed by atoms with Gasteiger partial charge in [0.25, 0.3) is 0 Å². The lowest BCUT2D eigenvalue weighted by Gasteiger charge is -2.14. The highest BCUT2D eigenvalue weighted by Gasteiger charge is 2.18. The minimum atomic E-state index is -3.30. The Labute approximate surface area is 172 Å². The molecule has 0 aliphatic carbocycles. The van der Waals surface area contributed by atoms with Crippen LogP contribution in [0.4, 0.5) is 11.8 Å². The topological polar surface area (TPSA) is 104 Å². The fourth-order valence-corrected chi connectivity index (χ4v) is 3.61. The molecule has 0 saturated heterocycles. The first-order valence-electron chi connectivity index (χ1n) is 9.46. The third-order valence-corrected chi connectivity index (χ3v) is 6.44. The van der Waals surface area contributed by atoms with E-state index in [0.29, 0.717) is 19.0 Å². The molecule has 1 amide bonds. The zero-order valence-corrected chi connectivity index (χ0v) is 18.4. The fraction of sp³-hybridized carbons (Fsp3) is 0.450. The Balaban J connectivity index is 1.82. The number of hydrogen-bond donors (Lipinski definition) is 2. The molecule has 2 rings (SSSR count). The standard InChI is InChI=1S/C20H29N5O3S/c1-14(2)29(27,28)17-8-6-16(7-9-17)13-19(26)21-10-11-22-20-23-15(3)12-18(24-20)25(4)5/h6-9,12,14H,10-11,13H2,1-5H3,(H,21,26)(H,22,23,24). The molecule has 2 aromatic rings. The van der Waals surface area contributed by atoms with Gasteiger partial charge in [-0.05, 0) is 38.5 Å². The van der Waals surface area contributed by atoms with Gasteiger partial charge in [0.2, 0.25) is 11.9 Å². The van der Waals surface area contributed by atoms with E-state index in [1.165, 1.54) is 0 Å². The van der Waals surface area contributed by atoms with E-state index in [1.54, 1.807) is 38.1 Å². The molecule has 29 heavy (non-hydrogen) atoms. The zero-order chi connectivity index (χ0) is 21.6. The molecule has 8 nitrogen and oxygen atoms in total. The molecule has 0 saturated carbocycles. The highest BCUT2D eigenvalue weighted by Crippen LogP contribution is 2.16. The lowest BCUT2D eigenvalue weighted by Crippen LogP contribution is -2.30. The highest BCUT2D eigenvalue weighted by atomic mass is 32.2. The lowest BCUT2D eigenvalue weighted by molar-refractivity contribution is -0.120. The molecule has 0 aliphatic heterocycles. The first-order valence-corrected chi connectivity index (χ1v) is 11.0. The van der Waals surface area contributed by atoms with Crippen molar-refractivity contribution in [3.63, 3.8) is 0 Å². The normalized spacial score (nSPS) is 11.4. The van der Waals surface area contributed by atoms with Crippen LogP contribution in [0.15, 0.2) is 35.2 Å². The first-order chi connectivity index (χ1) is 13.6. The van der Waals surface area contributed by atoms with Crippen LogP contribution in [0.2, 0.25) is 0 Å². The Morgan fingerprint density at radius 3 is 2.34 bits per heavy atom. The third kappa shape index (κ3) is 6.42. The van der Waals surface area contributed by atoms with Gasteiger partial charge in [-0.2, -0.15) is 4.98 Å². The molecular weight excluding hydrogens is 390 g/mol. The number of carbonyl (C=O) groups is 1. The van der Waals surface area contributed by atoms with Crippen molar-refractivity contribution in [1.82, 2.24) is 15.3 Å². The van der Waals surface area contributed by atoms with Crippen LogP contribution in [0.25, 0.3) is 0 Å². The van der Waals surface area contributed by atoms with Gasteiger partial charge in [-0.15, -0.1) is 0 Å². The molecule has 0 aliphatic rings. The quantitative estimate of drug-likeness (QED) is 0.597. The lowest BCUT2D eigenvalue weighted by atomic mass is 10.1. The molecule has 0 unspecified atom stereocenters. The molecular formula is C20H29N5O3S. The number of rotatable bonds is 9. The Kier molecular flexibility index (Phi) is 7.55. The van der Waals surface area contributed by atoms with Crippen molar-refractivity contribution < 1.29 is 13.2 Å². The Morgan fingerprint density at radius 2 is 1.76 bits per heavy atom. The monoisotopic (exact) mass is 419 g/mol. The number of sulfone groups is 1. The van der Waals surface area contributed by atoms with E-state index in [-0.39, 0.29) is 17.2 Å². The Bertz CT molecular complexity index is 941. The summed E-state index contributed by atoms with van der Waals surface area (Å²) in [6, 6.07) is 8.35. The highest BCUT2D eigenvalue weighted by molar-refractivity contribution is 7.92. The van der Waals surface area contributed by atoms with Gasteiger partial charge in [-0.3, -0.25) is 4.79 Å². The average Bonchev–Trinajstić information content (AvgIpc) is 2.65. The number of aromatic nitrogens is 2. The number of amides is 1. The van der Waals surface area contributed by atoms with Crippen molar-refractivity contribution in [1.29, 1.82) is 0 Å². The van der Waals surface area contributed by atoms with Crippen LogP contribution in [0.3, 0.4) is 0 Å². The van der Waals surface area contributed by atoms with Crippen LogP contribution < -0.4 is 15.5 Å². The maximum atomic E-state index is 12.1. The van der Waals surface area contributed by atoms with E-state index < -0.39 is 15.1 Å². The molecule has 1 aromatic carbocycles. The minimum Gasteiger partial charge on any atom is -0.363 e. The average molecular weight is 420 g/mol. The second-order valence-electron chi connectivity index (χ2n) is 7.28. The largest absolute Gasteiger partial charge is 0.363 e. The summed E-state index contributed by atoms with van der Waals surface area (Å²) in [6.45, 7) is 6.11. The van der Waals surface area contributed by atoms with E-state index in [4.69, 9.17) is 0 Å². The summed E-state index contributed by atoms with van der Waals surface area (Å²) in [4.78, 5) is 23.0. The van der Waals surface area contributed by atoms with E-state index in [9.17, 15) is 13.2 Å². The molecule has 158 valence electrons. The Morgan fingerprint density at radius 1 is 1.10 bits per heavy atom. The SMILES string of the molecule is Cc1cc(N(C)C)nc(NCCNC(=O)Cc2ccc(S(=O)(=O)C(C)C)cc2)n1. The van der Waals surface area contributed by atoms with Crippen molar-refractivity contribution in [2.75, 3.05) is 37.4 Å². The number of nitrogens with zero attached hydrogens (tertiary/aromatic N) is 3. The van der Waals surface area contributed by atoms with Gasteiger partial charge in [-0.25, -0.2) is 13.4 Å². The maximum Gasteiger partial charge on any atom is 0.224 e. The summed E-state index contributed by atoms with van der Waals surface area (Å²) >= 11 is 0. The van der Waals surface area contributed by atoms with Gasteiger partial charge in [0, 0.05) is 38.9 Å². The van der Waals surface area contributed by atoms with E-state index >= 15 is 0 Å². The molecule has 1 aromatic heterocycles. The second kappa shape index (κ2) is 9.69. The van der Waals surface area contributed by atoms with Gasteiger partial charge in [-0.1, -0.05) is 12.1 Å². The van der Waals surface area contributed by atoms with Crippen molar-refractivity contribution in [3.05, 3.63) is 41.6 Å². The maximum absolute atomic E-state index is 12.1. The summed E-state index contributed by atoms with van der Waals surface area (Å²) in [5.41, 5.74) is 1.62. The van der Waals surface area contributed by atoms with Crippen molar-refractivity contribution >= 4 is 27.5 Å². The van der Waals surface area contributed by atoms with Crippen LogP contribution in [0, 0.1) is 6.92 Å². The van der Waals surface area contributed by atoms with Gasteiger partial charge in [0.05, 0.1) is 16.6 Å². The number of nitrogens with one attached hydrogen (secondary N) is 2. The molecule has 0 spiro atoms. The van der Waals surface area contributed by atoms with Gasteiger partial charge in [0.1, 0.15) is 5.82 Å². The zero-order valence-electron chi connectivity index (χ0n) is 17.6. The van der Waals surface area contributed by atoms with Crippen LogP contribution in [0.5, 0.6) is 0 Å². The smallest absolute Gasteiger partial charge is 0.224 e. The van der Waals surface area contributed by atoms with Crippen molar-refractivity contribution in [2.24, 2.45) is 0 Å². The molecule has 0 radical (unpaired) electrons. The van der Waals surface area contributed by atoms with Crippen LogP contribution in [-0.2, 0) is 21.1 Å². The van der Waals surface area contributed by atoms with Gasteiger partial charge in [0.15, 0.2) is 9.84 Å². The molecule has 2 N–H and O–H groups in total. The number of aryl methyl sites for hydroxylation is 1. The predicted molar refractivity (Wildman–Crippen MR) is 115 cm³/mol. The van der Waals surface area contributed by atoms with Crippen molar-refractivity contribution in [2.45, 2.75) is 37.3 Å². The number of hydrogen-bond acceptors (Lipinski definition) is 7. The number of benzene rings is 1. The second-order valence-corrected chi connectivity index (χ2v) is 9.78. The Hall–Kier alpha value is -2.68. The van der Waals surface area contributed by atoms with Gasteiger partial charge >= 0.3 is 0 Å².